The summed E-state index contributed by atoms with van der Waals surface area (Å²) in [7, 11) is 0. The van der Waals surface area contributed by atoms with Gasteiger partial charge in [-0.3, -0.25) is 4.79 Å². The molecule has 0 saturated carbocycles. The molecule has 0 fully saturated rings. The predicted octanol–water partition coefficient (Wildman–Crippen LogP) is 3.60. The highest BCUT2D eigenvalue weighted by atomic mass is 16.3. The zero-order valence-corrected chi connectivity index (χ0v) is 13.6. The second kappa shape index (κ2) is 7.34. The summed E-state index contributed by atoms with van der Waals surface area (Å²) in [6.45, 7) is 6.98. The summed E-state index contributed by atoms with van der Waals surface area (Å²) in [5, 5.41) is 13.7. The van der Waals surface area contributed by atoms with Crippen LogP contribution in [-0.2, 0) is 11.2 Å². The van der Waals surface area contributed by atoms with Gasteiger partial charge in [0, 0.05) is 29.6 Å². The summed E-state index contributed by atoms with van der Waals surface area (Å²) in [6, 6.07) is 5.29. The normalized spacial score (nSPS) is 12.7. The Balaban J connectivity index is 1.92. The van der Waals surface area contributed by atoms with Crippen molar-refractivity contribution >= 4 is 16.8 Å². The molecule has 0 aliphatic rings. The molecule has 1 atom stereocenters. The molecule has 22 heavy (non-hydrogen) atoms. The summed E-state index contributed by atoms with van der Waals surface area (Å²) < 4.78 is 0. The van der Waals surface area contributed by atoms with Crippen molar-refractivity contribution < 1.29 is 9.90 Å². The first kappa shape index (κ1) is 16.4. The molecule has 120 valence electrons. The van der Waals surface area contributed by atoms with Crippen LogP contribution >= 0.6 is 0 Å². The molecule has 1 amide bonds. The molecule has 1 aromatic heterocycles. The molecule has 4 nitrogen and oxygen atoms in total. The van der Waals surface area contributed by atoms with Gasteiger partial charge in [-0.05, 0) is 48.9 Å². The lowest BCUT2D eigenvalue weighted by molar-refractivity contribution is -0.125. The van der Waals surface area contributed by atoms with Crippen molar-refractivity contribution in [2.45, 2.75) is 40.0 Å². The number of amides is 1. The maximum Gasteiger partial charge on any atom is 0.223 e. The fraction of sp³-hybridized carbons (Fsp3) is 0.500. The number of phenols is 1. The van der Waals surface area contributed by atoms with Gasteiger partial charge in [0.25, 0.3) is 0 Å². The van der Waals surface area contributed by atoms with Gasteiger partial charge < -0.3 is 15.4 Å². The molecule has 1 heterocycles. The van der Waals surface area contributed by atoms with E-state index >= 15 is 0 Å². The van der Waals surface area contributed by atoms with Crippen LogP contribution < -0.4 is 5.32 Å². The zero-order chi connectivity index (χ0) is 16.1. The standard InChI is InChI=1S/C18H26N2O2/c1-4-13(9-12(2)3)18(22)19-8-7-14-11-20-17-6-5-15(21)10-16(14)17/h5-6,10-13,20-21H,4,7-9H2,1-3H3,(H,19,22). The van der Waals surface area contributed by atoms with E-state index in [1.807, 2.05) is 12.3 Å². The minimum absolute atomic E-state index is 0.104. The van der Waals surface area contributed by atoms with Gasteiger partial charge in [-0.25, -0.2) is 0 Å². The van der Waals surface area contributed by atoms with Crippen molar-refractivity contribution in [3.8, 4) is 5.75 Å². The Morgan fingerprint density at radius 2 is 2.14 bits per heavy atom. The Morgan fingerprint density at radius 1 is 1.36 bits per heavy atom. The number of nitrogens with one attached hydrogen (secondary N) is 2. The summed E-state index contributed by atoms with van der Waals surface area (Å²) in [5.74, 6) is 1.05. The number of carbonyl (C=O) groups excluding carboxylic acids is 1. The van der Waals surface area contributed by atoms with Crippen LogP contribution in [0.4, 0.5) is 0 Å². The molecule has 0 bridgehead atoms. The topological polar surface area (TPSA) is 65.1 Å². The average Bonchev–Trinajstić information content (AvgIpc) is 2.87. The number of hydrogen-bond acceptors (Lipinski definition) is 2. The number of phenolic OH excluding ortho intramolecular Hbond substituents is 1. The van der Waals surface area contributed by atoms with Gasteiger partial charge in [0.05, 0.1) is 0 Å². The third-order valence-electron chi connectivity index (χ3n) is 4.06. The van der Waals surface area contributed by atoms with E-state index in [1.54, 1.807) is 12.1 Å². The lowest BCUT2D eigenvalue weighted by Gasteiger charge is -2.16. The molecular weight excluding hydrogens is 276 g/mol. The molecule has 0 spiro atoms. The van der Waals surface area contributed by atoms with Gasteiger partial charge in [-0.2, -0.15) is 0 Å². The molecule has 4 heteroatoms. The molecule has 1 unspecified atom stereocenters. The van der Waals surface area contributed by atoms with E-state index < -0.39 is 0 Å². The Morgan fingerprint density at radius 3 is 2.82 bits per heavy atom. The monoisotopic (exact) mass is 302 g/mol. The lowest BCUT2D eigenvalue weighted by atomic mass is 9.94. The van der Waals surface area contributed by atoms with Crippen molar-refractivity contribution in [3.05, 3.63) is 30.0 Å². The molecule has 2 aromatic rings. The smallest absolute Gasteiger partial charge is 0.223 e. The van der Waals surface area contributed by atoms with E-state index in [-0.39, 0.29) is 17.6 Å². The second-order valence-corrected chi connectivity index (χ2v) is 6.32. The third kappa shape index (κ3) is 4.03. The van der Waals surface area contributed by atoms with Crippen molar-refractivity contribution in [1.82, 2.24) is 10.3 Å². The molecule has 0 aliphatic carbocycles. The average molecular weight is 302 g/mol. The van der Waals surface area contributed by atoms with Crippen molar-refractivity contribution in [1.29, 1.82) is 0 Å². The number of aromatic nitrogens is 1. The van der Waals surface area contributed by atoms with Crippen LogP contribution in [0.1, 0.15) is 39.2 Å². The van der Waals surface area contributed by atoms with E-state index in [2.05, 4.69) is 31.1 Å². The highest BCUT2D eigenvalue weighted by Crippen LogP contribution is 2.23. The van der Waals surface area contributed by atoms with E-state index in [9.17, 15) is 9.90 Å². The van der Waals surface area contributed by atoms with Crippen molar-refractivity contribution in [2.24, 2.45) is 11.8 Å². The number of hydrogen-bond donors (Lipinski definition) is 3. The van der Waals surface area contributed by atoms with Crippen LogP contribution in [0.5, 0.6) is 5.75 Å². The Kier molecular flexibility index (Phi) is 5.47. The second-order valence-electron chi connectivity index (χ2n) is 6.32. The number of aromatic amines is 1. The highest BCUT2D eigenvalue weighted by molar-refractivity contribution is 5.84. The molecule has 0 saturated heterocycles. The maximum atomic E-state index is 12.2. The third-order valence-corrected chi connectivity index (χ3v) is 4.06. The van der Waals surface area contributed by atoms with Gasteiger partial charge in [-0.15, -0.1) is 0 Å². The lowest BCUT2D eigenvalue weighted by Crippen LogP contribution is -2.32. The first-order valence-corrected chi connectivity index (χ1v) is 8.08. The van der Waals surface area contributed by atoms with Crippen LogP contribution in [0.2, 0.25) is 0 Å². The van der Waals surface area contributed by atoms with Crippen molar-refractivity contribution in [2.75, 3.05) is 6.54 Å². The maximum absolute atomic E-state index is 12.2. The number of aromatic hydroxyl groups is 1. The molecule has 3 N–H and O–H groups in total. The Bertz CT molecular complexity index is 631. The Hall–Kier alpha value is -1.97. The van der Waals surface area contributed by atoms with Crippen LogP contribution in [0, 0.1) is 11.8 Å². The molecule has 2 rings (SSSR count). The van der Waals surface area contributed by atoms with Crippen LogP contribution in [0.25, 0.3) is 10.9 Å². The zero-order valence-electron chi connectivity index (χ0n) is 13.6. The van der Waals surface area contributed by atoms with E-state index in [0.717, 1.165) is 35.7 Å². The summed E-state index contributed by atoms with van der Waals surface area (Å²) in [6.07, 6.45) is 4.52. The fourth-order valence-electron chi connectivity index (χ4n) is 2.87. The minimum Gasteiger partial charge on any atom is -0.508 e. The quantitative estimate of drug-likeness (QED) is 0.731. The number of rotatable bonds is 7. The minimum atomic E-state index is 0.104. The van der Waals surface area contributed by atoms with Crippen LogP contribution in [0.3, 0.4) is 0 Å². The molecule has 1 aromatic carbocycles. The number of carbonyl (C=O) groups is 1. The summed E-state index contributed by atoms with van der Waals surface area (Å²) >= 11 is 0. The van der Waals surface area contributed by atoms with Crippen LogP contribution in [-0.4, -0.2) is 22.5 Å². The van der Waals surface area contributed by atoms with E-state index in [1.165, 1.54) is 0 Å². The first-order valence-electron chi connectivity index (χ1n) is 8.08. The van der Waals surface area contributed by atoms with Gasteiger partial charge in [0.2, 0.25) is 5.91 Å². The van der Waals surface area contributed by atoms with Gasteiger partial charge >= 0.3 is 0 Å². The van der Waals surface area contributed by atoms with Crippen LogP contribution in [0.15, 0.2) is 24.4 Å². The van der Waals surface area contributed by atoms with E-state index in [0.29, 0.717) is 12.5 Å². The molecule has 0 aliphatic heterocycles. The number of fused-ring (bicyclic) bond motifs is 1. The SMILES string of the molecule is CCC(CC(C)C)C(=O)NCCc1c[nH]c2ccc(O)cc12. The van der Waals surface area contributed by atoms with Gasteiger partial charge in [0.1, 0.15) is 5.75 Å². The molecule has 0 radical (unpaired) electrons. The summed E-state index contributed by atoms with van der Waals surface area (Å²) in [4.78, 5) is 15.4. The number of benzene rings is 1. The van der Waals surface area contributed by atoms with Gasteiger partial charge in [0.15, 0.2) is 0 Å². The Labute approximate surface area is 131 Å². The fourth-order valence-corrected chi connectivity index (χ4v) is 2.87. The van der Waals surface area contributed by atoms with Crippen molar-refractivity contribution in [3.63, 3.8) is 0 Å². The highest BCUT2D eigenvalue weighted by Gasteiger charge is 2.17. The summed E-state index contributed by atoms with van der Waals surface area (Å²) in [5.41, 5.74) is 2.12. The van der Waals surface area contributed by atoms with Gasteiger partial charge in [-0.1, -0.05) is 20.8 Å². The number of H-pyrrole nitrogens is 1. The van der Waals surface area contributed by atoms with E-state index in [4.69, 9.17) is 0 Å². The first-order chi connectivity index (χ1) is 10.5. The predicted molar refractivity (Wildman–Crippen MR) is 89.9 cm³/mol. The largest absolute Gasteiger partial charge is 0.508 e. The molecular formula is C18H26N2O2.